The summed E-state index contributed by atoms with van der Waals surface area (Å²) in [7, 11) is 3.45. The molecule has 5 heteroatoms. The largest absolute Gasteiger partial charge is 0.345 e. The number of hydrogen-bond donors (Lipinski definition) is 2. The summed E-state index contributed by atoms with van der Waals surface area (Å²) in [5.74, 6) is -0.0192. The Kier molecular flexibility index (Phi) is 7.25. The van der Waals surface area contributed by atoms with Crippen LogP contribution in [0, 0.1) is 0 Å². The molecule has 1 aliphatic carbocycles. The van der Waals surface area contributed by atoms with Gasteiger partial charge in [0.25, 0.3) is 11.8 Å². The lowest BCUT2D eigenvalue weighted by Crippen LogP contribution is -2.91. The molecule has 1 aromatic carbocycles. The summed E-state index contributed by atoms with van der Waals surface area (Å²) in [6.45, 7) is 0.461. The number of nitrogens with zero attached hydrogens (tertiary/aromatic N) is 1. The van der Waals surface area contributed by atoms with Crippen LogP contribution in [0.5, 0.6) is 0 Å². The lowest BCUT2D eigenvalue weighted by molar-refractivity contribution is -0.680. The van der Waals surface area contributed by atoms with Gasteiger partial charge in [0.1, 0.15) is 0 Å². The van der Waals surface area contributed by atoms with Gasteiger partial charge >= 0.3 is 0 Å². The highest BCUT2D eigenvalue weighted by Crippen LogP contribution is 2.15. The minimum atomic E-state index is -0.0366. The molecule has 0 aliphatic heterocycles. The van der Waals surface area contributed by atoms with E-state index in [9.17, 15) is 9.59 Å². The first-order chi connectivity index (χ1) is 11.6. The fraction of sp³-hybridized carbons (Fsp3) is 0.579. The van der Waals surface area contributed by atoms with Crippen LogP contribution < -0.4 is 10.6 Å². The lowest BCUT2D eigenvalue weighted by atomic mass is 9.97. The molecule has 0 atom stereocenters. The molecule has 1 aliphatic rings. The van der Waals surface area contributed by atoms with E-state index in [0.29, 0.717) is 18.2 Å². The van der Waals surface area contributed by atoms with Crippen molar-refractivity contribution in [3.8, 4) is 0 Å². The van der Waals surface area contributed by atoms with Crippen LogP contribution in [0.4, 0.5) is 5.69 Å². The standard InChI is InChI=1S/C19H29N3O2/c1-22(2)19(24)15-10-12-17(13-11-15)21-18(23)14-20-16-8-6-4-3-5-7-9-16/h10-13,16,20H,3-9,14H2,1-2H3,(H,21,23)/p+1. The second kappa shape index (κ2) is 9.42. The van der Waals surface area contributed by atoms with Crippen LogP contribution in [0.1, 0.15) is 55.3 Å². The van der Waals surface area contributed by atoms with Crippen LogP contribution in [0.15, 0.2) is 24.3 Å². The van der Waals surface area contributed by atoms with Gasteiger partial charge in [0, 0.05) is 25.3 Å². The van der Waals surface area contributed by atoms with Crippen molar-refractivity contribution >= 4 is 17.5 Å². The third-order valence-corrected chi connectivity index (χ3v) is 4.61. The van der Waals surface area contributed by atoms with Gasteiger partial charge in [-0.05, 0) is 49.9 Å². The number of benzene rings is 1. The summed E-state index contributed by atoms with van der Waals surface area (Å²) in [6, 6.07) is 7.64. The van der Waals surface area contributed by atoms with Crippen molar-refractivity contribution in [1.82, 2.24) is 4.90 Å². The summed E-state index contributed by atoms with van der Waals surface area (Å²) in [5, 5.41) is 5.09. The van der Waals surface area contributed by atoms with Gasteiger partial charge in [-0.25, -0.2) is 0 Å². The summed E-state index contributed by atoms with van der Waals surface area (Å²) >= 11 is 0. The van der Waals surface area contributed by atoms with Gasteiger partial charge in [-0.15, -0.1) is 0 Å². The number of nitrogens with two attached hydrogens (primary N) is 1. The highest BCUT2D eigenvalue weighted by Gasteiger charge is 2.16. The van der Waals surface area contributed by atoms with E-state index in [1.807, 2.05) is 0 Å². The summed E-state index contributed by atoms with van der Waals surface area (Å²) in [5.41, 5.74) is 1.36. The van der Waals surface area contributed by atoms with Crippen molar-refractivity contribution in [3.05, 3.63) is 29.8 Å². The van der Waals surface area contributed by atoms with E-state index >= 15 is 0 Å². The third kappa shape index (κ3) is 5.96. The molecule has 0 heterocycles. The molecule has 1 aromatic rings. The van der Waals surface area contributed by atoms with E-state index in [1.165, 1.54) is 49.8 Å². The molecule has 2 rings (SSSR count). The lowest BCUT2D eigenvalue weighted by Gasteiger charge is -2.18. The molecule has 0 unspecified atom stereocenters. The first-order valence-electron chi connectivity index (χ1n) is 9.01. The highest BCUT2D eigenvalue weighted by atomic mass is 16.2. The Labute approximate surface area is 144 Å². The average Bonchev–Trinajstić information content (AvgIpc) is 2.54. The molecular formula is C19H30N3O2+. The SMILES string of the molecule is CN(C)C(=O)c1ccc(NC(=O)C[NH2+]C2CCCCCCC2)cc1. The Balaban J connectivity index is 1.78. The van der Waals surface area contributed by atoms with Gasteiger partial charge in [0.15, 0.2) is 6.54 Å². The third-order valence-electron chi connectivity index (χ3n) is 4.61. The maximum absolute atomic E-state index is 12.1. The zero-order valence-corrected chi connectivity index (χ0v) is 14.9. The van der Waals surface area contributed by atoms with Crippen LogP contribution in [0.3, 0.4) is 0 Å². The van der Waals surface area contributed by atoms with E-state index in [0.717, 1.165) is 5.69 Å². The number of amides is 2. The zero-order chi connectivity index (χ0) is 17.4. The van der Waals surface area contributed by atoms with Crippen molar-refractivity contribution in [3.63, 3.8) is 0 Å². The van der Waals surface area contributed by atoms with Gasteiger partial charge in [-0.1, -0.05) is 19.3 Å². The number of carbonyl (C=O) groups is 2. The van der Waals surface area contributed by atoms with Gasteiger partial charge in [0.2, 0.25) is 0 Å². The maximum atomic E-state index is 12.1. The van der Waals surface area contributed by atoms with E-state index in [4.69, 9.17) is 0 Å². The predicted molar refractivity (Wildman–Crippen MR) is 96.0 cm³/mol. The second-order valence-corrected chi connectivity index (χ2v) is 6.87. The van der Waals surface area contributed by atoms with Crippen molar-refractivity contribution in [2.75, 3.05) is 26.0 Å². The molecule has 1 fully saturated rings. The minimum absolute atomic E-state index is 0.0174. The minimum Gasteiger partial charge on any atom is -0.345 e. The quantitative estimate of drug-likeness (QED) is 0.866. The number of quaternary nitrogens is 1. The van der Waals surface area contributed by atoms with Gasteiger partial charge < -0.3 is 15.5 Å². The van der Waals surface area contributed by atoms with Crippen molar-refractivity contribution in [1.29, 1.82) is 0 Å². The van der Waals surface area contributed by atoms with E-state index < -0.39 is 0 Å². The summed E-state index contributed by atoms with van der Waals surface area (Å²) in [4.78, 5) is 25.5. The number of anilines is 1. The zero-order valence-electron chi connectivity index (χ0n) is 14.9. The van der Waals surface area contributed by atoms with Crippen molar-refractivity contribution < 1.29 is 14.9 Å². The van der Waals surface area contributed by atoms with E-state index in [1.54, 1.807) is 38.4 Å². The van der Waals surface area contributed by atoms with Crippen LogP contribution in [0.2, 0.25) is 0 Å². The molecule has 0 radical (unpaired) electrons. The molecule has 24 heavy (non-hydrogen) atoms. The van der Waals surface area contributed by atoms with Crippen LogP contribution >= 0.6 is 0 Å². The number of carbonyl (C=O) groups excluding carboxylic acids is 2. The van der Waals surface area contributed by atoms with Gasteiger partial charge in [-0.2, -0.15) is 0 Å². The van der Waals surface area contributed by atoms with Gasteiger partial charge in [0.05, 0.1) is 6.04 Å². The van der Waals surface area contributed by atoms with Crippen LogP contribution in [-0.4, -0.2) is 43.4 Å². The fourth-order valence-electron chi connectivity index (χ4n) is 3.16. The maximum Gasteiger partial charge on any atom is 0.279 e. The molecule has 3 N–H and O–H groups in total. The Morgan fingerprint density at radius 3 is 2.21 bits per heavy atom. The number of hydrogen-bond acceptors (Lipinski definition) is 2. The number of nitrogens with one attached hydrogen (secondary N) is 1. The van der Waals surface area contributed by atoms with Gasteiger partial charge in [-0.3, -0.25) is 9.59 Å². The average molecular weight is 332 g/mol. The normalized spacial score (nSPS) is 16.1. The summed E-state index contributed by atoms with van der Waals surface area (Å²) in [6.07, 6.45) is 9.01. The van der Waals surface area contributed by atoms with E-state index in [-0.39, 0.29) is 11.8 Å². The molecule has 132 valence electrons. The van der Waals surface area contributed by atoms with Crippen LogP contribution in [-0.2, 0) is 4.79 Å². The van der Waals surface area contributed by atoms with Crippen molar-refractivity contribution in [2.45, 2.75) is 51.0 Å². The summed E-state index contributed by atoms with van der Waals surface area (Å²) < 4.78 is 0. The number of rotatable bonds is 5. The van der Waals surface area contributed by atoms with Crippen molar-refractivity contribution in [2.24, 2.45) is 0 Å². The second-order valence-electron chi connectivity index (χ2n) is 6.87. The molecule has 1 saturated carbocycles. The Morgan fingerprint density at radius 2 is 1.62 bits per heavy atom. The molecule has 0 bridgehead atoms. The topological polar surface area (TPSA) is 66.0 Å². The molecule has 5 nitrogen and oxygen atoms in total. The smallest absolute Gasteiger partial charge is 0.279 e. The Morgan fingerprint density at radius 1 is 1.04 bits per heavy atom. The van der Waals surface area contributed by atoms with E-state index in [2.05, 4.69) is 10.6 Å². The molecule has 0 saturated heterocycles. The fourth-order valence-corrected chi connectivity index (χ4v) is 3.16. The highest BCUT2D eigenvalue weighted by molar-refractivity contribution is 5.95. The Hall–Kier alpha value is -1.88. The molecular weight excluding hydrogens is 302 g/mol. The molecule has 0 spiro atoms. The molecule has 0 aromatic heterocycles. The van der Waals surface area contributed by atoms with Crippen LogP contribution in [0.25, 0.3) is 0 Å². The first kappa shape index (κ1) is 18.5. The first-order valence-corrected chi connectivity index (χ1v) is 9.01. The predicted octanol–water partition coefficient (Wildman–Crippen LogP) is 2.00. The monoisotopic (exact) mass is 332 g/mol. The molecule has 2 amide bonds. The Bertz CT molecular complexity index is 532.